The zero-order valence-electron chi connectivity index (χ0n) is 16.1. The minimum absolute atomic E-state index is 0.0234. The maximum absolute atomic E-state index is 5.83. The Hall–Kier alpha value is -3.90. The maximum Gasteiger partial charge on any atom is 0.178 e. The van der Waals surface area contributed by atoms with Gasteiger partial charge in [-0.15, -0.1) is 38.5 Å². The van der Waals surface area contributed by atoms with Crippen LogP contribution in [0.3, 0.4) is 0 Å². The average Bonchev–Trinajstić information content (AvgIpc) is 2.73. The van der Waals surface area contributed by atoms with Gasteiger partial charge in [0.1, 0.15) is 19.8 Å². The van der Waals surface area contributed by atoms with E-state index in [1.165, 1.54) is 0 Å². The van der Waals surface area contributed by atoms with E-state index < -0.39 is 6.10 Å². The van der Waals surface area contributed by atoms with Gasteiger partial charge in [0, 0.05) is 6.54 Å². The fourth-order valence-electron chi connectivity index (χ4n) is 2.49. The number of hydrogen-bond donors (Lipinski definition) is 0. The van der Waals surface area contributed by atoms with Crippen LogP contribution in [0, 0.1) is 74.1 Å². The molecule has 29 heavy (non-hydrogen) atoms. The highest BCUT2D eigenvalue weighted by molar-refractivity contribution is 5.56. The molecule has 1 unspecified atom stereocenters. The molecule has 0 radical (unpaired) electrons. The number of ether oxygens (including phenoxy) is 3. The molecule has 1 atom stereocenters. The fourth-order valence-corrected chi connectivity index (χ4v) is 2.49. The Morgan fingerprint density at radius 2 is 1.41 bits per heavy atom. The third-order valence-corrected chi connectivity index (χ3v) is 3.64. The lowest BCUT2D eigenvalue weighted by atomic mass is 10.0. The molecule has 144 valence electrons. The van der Waals surface area contributed by atoms with Crippen LogP contribution in [0.25, 0.3) is 0 Å². The van der Waals surface area contributed by atoms with E-state index in [4.69, 9.17) is 52.8 Å². The quantitative estimate of drug-likeness (QED) is 0.547. The van der Waals surface area contributed by atoms with Gasteiger partial charge in [-0.3, -0.25) is 4.90 Å². The van der Waals surface area contributed by atoms with E-state index in [2.05, 4.69) is 35.5 Å². The number of benzene rings is 1. The number of nitrogens with zero attached hydrogens (tertiary/aromatic N) is 1. The molecule has 0 fully saturated rings. The minimum Gasteiger partial charge on any atom is -0.477 e. The molecule has 1 aromatic rings. The van der Waals surface area contributed by atoms with Gasteiger partial charge >= 0.3 is 0 Å². The second kappa shape index (κ2) is 13.3. The van der Waals surface area contributed by atoms with E-state index in [1.807, 2.05) is 4.90 Å². The van der Waals surface area contributed by atoms with Gasteiger partial charge in [-0.25, -0.2) is 0 Å². The summed E-state index contributed by atoms with van der Waals surface area (Å²) in [6.45, 7) is 1.24. The Morgan fingerprint density at radius 3 is 1.97 bits per heavy atom. The standard InChI is InChI=1S/C25H21NO3/c1-7-13-26(14-8-2)20-24(28-16-10-4)22-18-21(12-6)25(29-17-11-5)23(19-22)27-15-9-3/h1-6,18-19,24H,13-17,20H2. The number of hydrogen-bond acceptors (Lipinski definition) is 4. The van der Waals surface area contributed by atoms with Crippen molar-refractivity contribution in [3.05, 3.63) is 23.3 Å². The number of rotatable bonds is 11. The molecule has 0 saturated heterocycles. The van der Waals surface area contributed by atoms with E-state index >= 15 is 0 Å². The van der Waals surface area contributed by atoms with Gasteiger partial charge in [0.15, 0.2) is 11.5 Å². The Kier molecular flexibility index (Phi) is 10.6. The second-order valence-corrected chi connectivity index (χ2v) is 5.61. The lowest BCUT2D eigenvalue weighted by Crippen LogP contribution is -2.31. The van der Waals surface area contributed by atoms with Crippen LogP contribution in [0.15, 0.2) is 12.1 Å². The largest absolute Gasteiger partial charge is 0.477 e. The summed E-state index contributed by atoms with van der Waals surface area (Å²) in [5, 5.41) is 0. The van der Waals surface area contributed by atoms with E-state index in [-0.39, 0.29) is 19.8 Å². The van der Waals surface area contributed by atoms with Crippen molar-refractivity contribution in [3.63, 3.8) is 0 Å². The molecule has 0 aliphatic rings. The molecule has 0 aliphatic heterocycles. The van der Waals surface area contributed by atoms with E-state index in [0.717, 1.165) is 0 Å². The summed E-state index contributed by atoms with van der Waals surface area (Å²) >= 11 is 0. The molecule has 1 aromatic carbocycles. The lowest BCUT2D eigenvalue weighted by molar-refractivity contribution is 0.0509. The van der Waals surface area contributed by atoms with Crippen LogP contribution in [0.2, 0.25) is 0 Å². The van der Waals surface area contributed by atoms with Crippen molar-refractivity contribution in [1.29, 1.82) is 0 Å². The summed E-state index contributed by atoms with van der Waals surface area (Å²) in [5.74, 6) is 15.7. The van der Waals surface area contributed by atoms with Crippen molar-refractivity contribution in [2.24, 2.45) is 0 Å². The summed E-state index contributed by atoms with van der Waals surface area (Å²) in [4.78, 5) is 1.88. The first-order valence-corrected chi connectivity index (χ1v) is 8.56. The Labute approximate surface area is 173 Å². The third kappa shape index (κ3) is 7.32. The van der Waals surface area contributed by atoms with Crippen LogP contribution in [0.5, 0.6) is 11.5 Å². The van der Waals surface area contributed by atoms with Crippen LogP contribution in [0.4, 0.5) is 0 Å². The first kappa shape index (κ1) is 23.1. The molecule has 0 saturated carbocycles. The summed E-state index contributed by atoms with van der Waals surface area (Å²) in [6, 6.07) is 3.48. The monoisotopic (exact) mass is 383 g/mol. The fraction of sp³-hybridized carbons (Fsp3) is 0.280. The molecule has 4 heteroatoms. The SMILES string of the molecule is C#CCOc1cc(C(CN(CC#C)CC#C)OCC#C)cc(C#C)c1OCC#C. The van der Waals surface area contributed by atoms with Crippen LogP contribution in [-0.2, 0) is 4.74 Å². The first-order chi connectivity index (χ1) is 14.1. The number of terminal acetylenes is 6. The maximum atomic E-state index is 5.83. The third-order valence-electron chi connectivity index (χ3n) is 3.64. The molecule has 1 rings (SSSR count). The van der Waals surface area contributed by atoms with Crippen LogP contribution >= 0.6 is 0 Å². The molecule has 0 N–H and O–H groups in total. The van der Waals surface area contributed by atoms with Crippen LogP contribution in [0.1, 0.15) is 17.2 Å². The van der Waals surface area contributed by atoms with Gasteiger partial charge in [0.25, 0.3) is 0 Å². The van der Waals surface area contributed by atoms with Crippen molar-refractivity contribution in [2.45, 2.75) is 6.10 Å². The molecule has 0 bridgehead atoms. The smallest absolute Gasteiger partial charge is 0.178 e. The van der Waals surface area contributed by atoms with E-state index in [0.29, 0.717) is 42.3 Å². The highest BCUT2D eigenvalue weighted by atomic mass is 16.5. The van der Waals surface area contributed by atoms with E-state index in [9.17, 15) is 0 Å². The molecular formula is C25H21NO3. The van der Waals surface area contributed by atoms with Crippen molar-refractivity contribution in [3.8, 4) is 85.6 Å². The van der Waals surface area contributed by atoms with Crippen LogP contribution < -0.4 is 9.47 Å². The molecule has 0 aromatic heterocycles. The lowest BCUT2D eigenvalue weighted by Gasteiger charge is -2.25. The second-order valence-electron chi connectivity index (χ2n) is 5.61. The normalized spacial score (nSPS) is 10.3. The summed E-state index contributed by atoms with van der Waals surface area (Å²) in [7, 11) is 0. The van der Waals surface area contributed by atoms with Gasteiger partial charge in [-0.05, 0) is 17.7 Å². The van der Waals surface area contributed by atoms with Gasteiger partial charge < -0.3 is 14.2 Å². The Bertz CT molecular complexity index is 919. The zero-order chi connectivity index (χ0) is 21.5. The molecule has 4 nitrogen and oxygen atoms in total. The van der Waals surface area contributed by atoms with E-state index in [1.54, 1.807) is 12.1 Å². The molecule has 0 amide bonds. The highest BCUT2D eigenvalue weighted by Gasteiger charge is 2.21. The Morgan fingerprint density at radius 1 is 0.793 bits per heavy atom. The summed E-state index contributed by atoms with van der Waals surface area (Å²) in [5.41, 5.74) is 1.16. The van der Waals surface area contributed by atoms with Gasteiger partial charge in [-0.1, -0.05) is 35.5 Å². The van der Waals surface area contributed by atoms with Crippen molar-refractivity contribution in [2.75, 3.05) is 39.5 Å². The average molecular weight is 383 g/mol. The topological polar surface area (TPSA) is 30.9 Å². The zero-order valence-corrected chi connectivity index (χ0v) is 16.1. The highest BCUT2D eigenvalue weighted by Crippen LogP contribution is 2.35. The Balaban J connectivity index is 3.39. The molecule has 0 heterocycles. The van der Waals surface area contributed by atoms with Crippen molar-refractivity contribution >= 4 is 0 Å². The van der Waals surface area contributed by atoms with Crippen LogP contribution in [-0.4, -0.2) is 44.4 Å². The van der Waals surface area contributed by atoms with Crippen molar-refractivity contribution in [1.82, 2.24) is 4.90 Å². The predicted octanol–water partition coefficient (Wildman–Crippen LogP) is 1.95. The van der Waals surface area contributed by atoms with Gasteiger partial charge in [0.2, 0.25) is 0 Å². The summed E-state index contributed by atoms with van der Waals surface area (Å²) in [6.07, 6.45) is 32.0. The first-order valence-electron chi connectivity index (χ1n) is 8.56. The summed E-state index contributed by atoms with van der Waals surface area (Å²) < 4.78 is 17.0. The van der Waals surface area contributed by atoms with Gasteiger partial charge in [-0.2, -0.15) is 0 Å². The van der Waals surface area contributed by atoms with Crippen molar-refractivity contribution < 1.29 is 14.2 Å². The predicted molar refractivity (Wildman–Crippen MR) is 115 cm³/mol. The molecular weight excluding hydrogens is 362 g/mol. The molecule has 0 spiro atoms. The van der Waals surface area contributed by atoms with Gasteiger partial charge in [0.05, 0.1) is 24.8 Å². The molecule has 0 aliphatic carbocycles. The minimum atomic E-state index is -0.463.